The number of aromatic nitrogens is 2. The topological polar surface area (TPSA) is 102 Å². The van der Waals surface area contributed by atoms with Crippen molar-refractivity contribution in [3.8, 4) is 0 Å². The molecule has 0 aliphatic rings. The van der Waals surface area contributed by atoms with Crippen molar-refractivity contribution in [2.24, 2.45) is 0 Å². The number of rotatable bonds is 8. The summed E-state index contributed by atoms with van der Waals surface area (Å²) in [4.78, 5) is 25.5. The molecule has 8 nitrogen and oxygen atoms in total. The van der Waals surface area contributed by atoms with Crippen molar-refractivity contribution in [3.63, 3.8) is 0 Å². The second-order valence-corrected chi connectivity index (χ2v) is 4.61. The van der Waals surface area contributed by atoms with Gasteiger partial charge in [-0.3, -0.25) is 4.79 Å². The standard InChI is InChI=1S/C12H21N5O3.ClH/c1-4-13-9(2)7-14-12(18)5-6-16-8-11(17(19)20)15-10(16)3;/h8-9,13H,4-7H2,1-3H3,(H,14,18);1H/t9-;/m1./s1. The van der Waals surface area contributed by atoms with Gasteiger partial charge in [0.25, 0.3) is 0 Å². The number of imidazole rings is 1. The van der Waals surface area contributed by atoms with Crippen LogP contribution in [0, 0.1) is 17.0 Å². The van der Waals surface area contributed by atoms with Gasteiger partial charge in [-0.2, -0.15) is 0 Å². The van der Waals surface area contributed by atoms with Crippen LogP contribution in [0.2, 0.25) is 0 Å². The molecule has 1 rings (SSSR count). The molecule has 0 unspecified atom stereocenters. The molecule has 0 saturated carbocycles. The molecular weight excluding hydrogens is 298 g/mol. The van der Waals surface area contributed by atoms with Crippen LogP contribution in [-0.4, -0.2) is 39.5 Å². The summed E-state index contributed by atoms with van der Waals surface area (Å²) < 4.78 is 1.62. The highest BCUT2D eigenvalue weighted by molar-refractivity contribution is 5.85. The van der Waals surface area contributed by atoms with Crippen LogP contribution < -0.4 is 10.6 Å². The molecule has 2 N–H and O–H groups in total. The molecule has 0 bridgehead atoms. The van der Waals surface area contributed by atoms with Crippen LogP contribution in [0.15, 0.2) is 6.20 Å². The largest absolute Gasteiger partial charge is 0.381 e. The van der Waals surface area contributed by atoms with Crippen molar-refractivity contribution in [2.75, 3.05) is 13.1 Å². The molecule has 0 aliphatic carbocycles. The van der Waals surface area contributed by atoms with Gasteiger partial charge in [0, 0.05) is 32.5 Å². The van der Waals surface area contributed by atoms with E-state index in [-0.39, 0.29) is 36.6 Å². The lowest BCUT2D eigenvalue weighted by molar-refractivity contribution is -0.389. The number of nitro groups is 1. The smallest absolute Gasteiger partial charge is 0.358 e. The third-order valence-electron chi connectivity index (χ3n) is 2.89. The Morgan fingerprint density at radius 2 is 2.24 bits per heavy atom. The van der Waals surface area contributed by atoms with E-state index in [0.717, 1.165) is 6.54 Å². The van der Waals surface area contributed by atoms with Gasteiger partial charge in [-0.15, -0.1) is 12.4 Å². The number of nitrogens with one attached hydrogen (secondary N) is 2. The summed E-state index contributed by atoms with van der Waals surface area (Å²) in [6.45, 7) is 7.48. The average molecular weight is 320 g/mol. The predicted molar refractivity (Wildman–Crippen MR) is 81.6 cm³/mol. The third kappa shape index (κ3) is 6.54. The summed E-state index contributed by atoms with van der Waals surface area (Å²) in [5, 5.41) is 16.6. The molecule has 1 aromatic heterocycles. The van der Waals surface area contributed by atoms with E-state index in [2.05, 4.69) is 15.6 Å². The summed E-state index contributed by atoms with van der Waals surface area (Å²) in [5.74, 6) is 0.264. The van der Waals surface area contributed by atoms with Gasteiger partial charge in [-0.25, -0.2) is 0 Å². The number of halogens is 1. The summed E-state index contributed by atoms with van der Waals surface area (Å²) >= 11 is 0. The van der Waals surface area contributed by atoms with Crippen LogP contribution in [0.3, 0.4) is 0 Å². The molecule has 9 heteroatoms. The molecule has 1 amide bonds. The molecule has 21 heavy (non-hydrogen) atoms. The van der Waals surface area contributed by atoms with Crippen molar-refractivity contribution in [1.29, 1.82) is 0 Å². The van der Waals surface area contributed by atoms with E-state index in [0.29, 0.717) is 18.9 Å². The Hall–Kier alpha value is -1.67. The summed E-state index contributed by atoms with van der Waals surface area (Å²) in [6, 6.07) is 0.222. The maximum Gasteiger partial charge on any atom is 0.381 e. The Labute approximate surface area is 129 Å². The van der Waals surface area contributed by atoms with E-state index in [1.54, 1.807) is 11.5 Å². The number of carbonyl (C=O) groups excluding carboxylic acids is 1. The summed E-state index contributed by atoms with van der Waals surface area (Å²) in [6.07, 6.45) is 1.62. The zero-order valence-corrected chi connectivity index (χ0v) is 13.3. The van der Waals surface area contributed by atoms with Crippen molar-refractivity contribution >= 4 is 24.1 Å². The molecule has 120 valence electrons. The molecule has 1 atom stereocenters. The van der Waals surface area contributed by atoms with Gasteiger partial charge < -0.3 is 25.3 Å². The van der Waals surface area contributed by atoms with Gasteiger partial charge in [0.1, 0.15) is 6.20 Å². The highest BCUT2D eigenvalue weighted by Gasteiger charge is 2.15. The van der Waals surface area contributed by atoms with E-state index < -0.39 is 4.92 Å². The number of hydrogen-bond acceptors (Lipinski definition) is 5. The first-order chi connectivity index (χ1) is 9.43. The summed E-state index contributed by atoms with van der Waals surface area (Å²) in [7, 11) is 0. The Morgan fingerprint density at radius 1 is 1.57 bits per heavy atom. The minimum absolute atomic E-state index is 0. The maximum atomic E-state index is 11.7. The Morgan fingerprint density at radius 3 is 2.76 bits per heavy atom. The molecule has 0 radical (unpaired) electrons. The highest BCUT2D eigenvalue weighted by Crippen LogP contribution is 2.10. The fourth-order valence-electron chi connectivity index (χ4n) is 1.80. The number of nitrogens with zero attached hydrogens (tertiary/aromatic N) is 3. The number of aryl methyl sites for hydroxylation is 2. The average Bonchev–Trinajstić information content (AvgIpc) is 2.76. The van der Waals surface area contributed by atoms with Crippen LogP contribution >= 0.6 is 12.4 Å². The predicted octanol–water partition coefficient (Wildman–Crippen LogP) is 1.03. The van der Waals surface area contributed by atoms with Crippen molar-refractivity contribution in [3.05, 3.63) is 22.1 Å². The minimum Gasteiger partial charge on any atom is -0.358 e. The normalized spacial score (nSPS) is 11.6. The Bertz CT molecular complexity index is 477. The SMILES string of the molecule is CCN[C@H](C)CNC(=O)CCn1cc([N+](=O)[O-])nc1C.Cl. The van der Waals surface area contributed by atoms with E-state index in [9.17, 15) is 14.9 Å². The third-order valence-corrected chi connectivity index (χ3v) is 2.89. The molecule has 0 aliphatic heterocycles. The molecule has 0 saturated heterocycles. The lowest BCUT2D eigenvalue weighted by atomic mass is 10.3. The first-order valence-corrected chi connectivity index (χ1v) is 6.62. The molecule has 0 fully saturated rings. The Balaban J connectivity index is 0.00000400. The number of carbonyl (C=O) groups is 1. The van der Waals surface area contributed by atoms with Crippen molar-refractivity contribution in [1.82, 2.24) is 20.2 Å². The lowest BCUT2D eigenvalue weighted by Gasteiger charge is -2.13. The molecular formula is C12H22ClN5O3. The van der Waals surface area contributed by atoms with Gasteiger partial charge >= 0.3 is 5.82 Å². The van der Waals surface area contributed by atoms with E-state index in [1.807, 2.05) is 13.8 Å². The quantitative estimate of drug-likeness (QED) is 0.550. The van der Waals surface area contributed by atoms with Crippen LogP contribution in [-0.2, 0) is 11.3 Å². The van der Waals surface area contributed by atoms with Gasteiger partial charge in [0.15, 0.2) is 0 Å². The second-order valence-electron chi connectivity index (χ2n) is 4.61. The number of hydrogen-bond donors (Lipinski definition) is 2. The van der Waals surface area contributed by atoms with Gasteiger partial charge in [0.2, 0.25) is 11.7 Å². The molecule has 0 spiro atoms. The van der Waals surface area contributed by atoms with Crippen LogP contribution in [0.4, 0.5) is 5.82 Å². The molecule has 1 heterocycles. The first kappa shape index (κ1) is 19.3. The van der Waals surface area contributed by atoms with E-state index in [4.69, 9.17) is 0 Å². The van der Waals surface area contributed by atoms with Crippen molar-refractivity contribution in [2.45, 2.75) is 39.8 Å². The van der Waals surface area contributed by atoms with Crippen LogP contribution in [0.25, 0.3) is 0 Å². The number of amides is 1. The van der Waals surface area contributed by atoms with Gasteiger partial charge in [-0.1, -0.05) is 6.92 Å². The Kier molecular flexibility index (Phi) is 8.56. The van der Waals surface area contributed by atoms with Crippen molar-refractivity contribution < 1.29 is 9.72 Å². The van der Waals surface area contributed by atoms with Gasteiger partial charge in [-0.05, 0) is 23.4 Å². The molecule has 1 aromatic rings. The number of likely N-dealkylation sites (N-methyl/N-ethyl adjacent to an activating group) is 1. The zero-order chi connectivity index (χ0) is 15.1. The lowest BCUT2D eigenvalue weighted by Crippen LogP contribution is -2.39. The van der Waals surface area contributed by atoms with E-state index in [1.165, 1.54) is 6.20 Å². The maximum absolute atomic E-state index is 11.7. The molecule has 0 aromatic carbocycles. The highest BCUT2D eigenvalue weighted by atomic mass is 35.5. The van der Waals surface area contributed by atoms with E-state index >= 15 is 0 Å². The minimum atomic E-state index is -0.540. The monoisotopic (exact) mass is 319 g/mol. The zero-order valence-electron chi connectivity index (χ0n) is 12.5. The van der Waals surface area contributed by atoms with Crippen LogP contribution in [0.1, 0.15) is 26.1 Å². The summed E-state index contributed by atoms with van der Waals surface area (Å²) in [5.41, 5.74) is 0. The fourth-order valence-corrected chi connectivity index (χ4v) is 1.80. The van der Waals surface area contributed by atoms with Gasteiger partial charge in [0.05, 0.1) is 0 Å². The first-order valence-electron chi connectivity index (χ1n) is 6.62. The fraction of sp³-hybridized carbons (Fsp3) is 0.667. The second kappa shape index (κ2) is 9.30. The van der Waals surface area contributed by atoms with Crippen LogP contribution in [0.5, 0.6) is 0 Å².